The molecule has 2 N–H and O–H groups in total. The number of benzene rings is 2. The topological polar surface area (TPSA) is 70.9 Å². The van der Waals surface area contributed by atoms with Crippen molar-refractivity contribution < 1.29 is 14.6 Å². The Morgan fingerprint density at radius 1 is 1.19 bits per heavy atom. The fourth-order valence-corrected chi connectivity index (χ4v) is 1.79. The molecule has 1 unspecified atom stereocenters. The van der Waals surface area contributed by atoms with Crippen LogP contribution in [-0.4, -0.2) is 24.3 Å². The number of carbonyl (C=O) groups excluding carboxylic acids is 1. The number of carbonyl (C=O) groups is 1. The molecule has 0 spiro atoms. The third-order valence-corrected chi connectivity index (χ3v) is 2.88. The van der Waals surface area contributed by atoms with Crippen molar-refractivity contribution in [2.24, 2.45) is 5.10 Å². The van der Waals surface area contributed by atoms with Crippen LogP contribution in [0.4, 0.5) is 0 Å². The van der Waals surface area contributed by atoms with Crippen LogP contribution in [0.15, 0.2) is 59.7 Å². The molecule has 0 saturated carbocycles. The molecule has 0 fully saturated rings. The fraction of sp³-hybridized carbons (Fsp3) is 0.125. The summed E-state index contributed by atoms with van der Waals surface area (Å²) in [6.07, 6.45) is 0.218. The van der Waals surface area contributed by atoms with Gasteiger partial charge in [-0.3, -0.25) is 4.79 Å². The molecule has 0 aliphatic carbocycles. The summed E-state index contributed by atoms with van der Waals surface area (Å²) in [7, 11) is 1.56. The Morgan fingerprint density at radius 3 is 2.57 bits per heavy atom. The molecule has 1 atom stereocenters. The maximum Gasteiger partial charge on any atom is 0.273 e. The number of hydrogen-bond acceptors (Lipinski definition) is 4. The molecule has 1 amide bonds. The van der Waals surface area contributed by atoms with E-state index in [2.05, 4.69) is 10.5 Å². The minimum absolute atomic E-state index is 0.516. The predicted molar refractivity (Wildman–Crippen MR) is 80.1 cm³/mol. The molecule has 2 aromatic rings. The van der Waals surface area contributed by atoms with Crippen LogP contribution in [0.25, 0.3) is 0 Å². The summed E-state index contributed by atoms with van der Waals surface area (Å²) in [6, 6.07) is 16.0. The molecule has 0 aliphatic heterocycles. The summed E-state index contributed by atoms with van der Waals surface area (Å²) < 4.78 is 5.17. The third-order valence-electron chi connectivity index (χ3n) is 2.88. The molecule has 0 aliphatic rings. The second kappa shape index (κ2) is 7.21. The highest BCUT2D eigenvalue weighted by Crippen LogP contribution is 2.15. The van der Waals surface area contributed by atoms with Gasteiger partial charge in [0.1, 0.15) is 5.75 Å². The van der Waals surface area contributed by atoms with Gasteiger partial charge in [0.15, 0.2) is 6.10 Å². The molecule has 5 heteroatoms. The second-order valence-corrected chi connectivity index (χ2v) is 4.29. The van der Waals surface area contributed by atoms with Crippen LogP contribution in [0.3, 0.4) is 0 Å². The lowest BCUT2D eigenvalue weighted by molar-refractivity contribution is -0.129. The van der Waals surface area contributed by atoms with Gasteiger partial charge in [0.2, 0.25) is 0 Å². The first-order valence-electron chi connectivity index (χ1n) is 6.41. The lowest BCUT2D eigenvalue weighted by Gasteiger charge is -2.08. The number of aliphatic hydroxyl groups is 1. The van der Waals surface area contributed by atoms with Crippen LogP contribution in [0.1, 0.15) is 17.2 Å². The van der Waals surface area contributed by atoms with Gasteiger partial charge in [-0.25, -0.2) is 5.43 Å². The predicted octanol–water partition coefficient (Wildman–Crippen LogP) is 1.88. The van der Waals surface area contributed by atoms with Gasteiger partial charge in [-0.15, -0.1) is 0 Å². The van der Waals surface area contributed by atoms with Crippen molar-refractivity contribution in [2.45, 2.75) is 6.10 Å². The summed E-state index contributed by atoms with van der Waals surface area (Å²) in [6.45, 7) is 0. The Labute approximate surface area is 122 Å². The first-order chi connectivity index (χ1) is 10.2. The molecule has 0 bridgehead atoms. The largest absolute Gasteiger partial charge is 0.496 e. The number of rotatable bonds is 5. The van der Waals surface area contributed by atoms with E-state index in [0.29, 0.717) is 11.3 Å². The number of para-hydroxylation sites is 1. The maximum atomic E-state index is 11.8. The van der Waals surface area contributed by atoms with Crippen LogP contribution in [0, 0.1) is 0 Å². The molecule has 2 rings (SSSR count). The summed E-state index contributed by atoms with van der Waals surface area (Å²) in [4.78, 5) is 11.8. The monoisotopic (exact) mass is 284 g/mol. The molecule has 0 radical (unpaired) electrons. The fourth-order valence-electron chi connectivity index (χ4n) is 1.79. The van der Waals surface area contributed by atoms with Crippen LogP contribution in [0.5, 0.6) is 5.75 Å². The minimum atomic E-state index is -1.25. The van der Waals surface area contributed by atoms with Crippen molar-refractivity contribution in [3.8, 4) is 5.75 Å². The minimum Gasteiger partial charge on any atom is -0.496 e. The standard InChI is InChI=1S/C16H16N2O3/c1-21-14-10-6-5-9-13(14)11-17-18-16(20)15(19)12-7-3-2-4-8-12/h2-11,15,19H,1H3,(H,18,20). The van der Waals surface area contributed by atoms with Gasteiger partial charge in [-0.1, -0.05) is 42.5 Å². The van der Waals surface area contributed by atoms with Crippen molar-refractivity contribution in [3.05, 3.63) is 65.7 Å². The molecule has 0 aromatic heterocycles. The number of methoxy groups -OCH3 is 1. The van der Waals surface area contributed by atoms with Crippen LogP contribution in [0.2, 0.25) is 0 Å². The SMILES string of the molecule is COc1ccccc1C=NNC(=O)C(O)c1ccccc1. The zero-order valence-electron chi connectivity index (χ0n) is 11.6. The first-order valence-corrected chi connectivity index (χ1v) is 6.41. The summed E-state index contributed by atoms with van der Waals surface area (Å²) >= 11 is 0. The average molecular weight is 284 g/mol. The molecular weight excluding hydrogens is 268 g/mol. The number of nitrogens with one attached hydrogen (secondary N) is 1. The Balaban J connectivity index is 1.99. The molecule has 0 saturated heterocycles. The highest BCUT2D eigenvalue weighted by molar-refractivity contribution is 5.86. The van der Waals surface area contributed by atoms with Gasteiger partial charge >= 0.3 is 0 Å². The lowest BCUT2D eigenvalue weighted by Crippen LogP contribution is -2.25. The van der Waals surface area contributed by atoms with Crippen molar-refractivity contribution in [2.75, 3.05) is 7.11 Å². The third kappa shape index (κ3) is 3.90. The van der Waals surface area contributed by atoms with Gasteiger partial charge in [-0.05, 0) is 17.7 Å². The number of nitrogens with zero attached hydrogens (tertiary/aromatic N) is 1. The Kier molecular flexibility index (Phi) is 5.06. The van der Waals surface area contributed by atoms with E-state index in [4.69, 9.17) is 4.74 Å². The molecule has 5 nitrogen and oxygen atoms in total. The zero-order chi connectivity index (χ0) is 15.1. The number of amides is 1. The van der Waals surface area contributed by atoms with Crippen molar-refractivity contribution >= 4 is 12.1 Å². The van der Waals surface area contributed by atoms with E-state index in [-0.39, 0.29) is 0 Å². The van der Waals surface area contributed by atoms with Crippen molar-refractivity contribution in [3.63, 3.8) is 0 Å². The van der Waals surface area contributed by atoms with E-state index in [0.717, 1.165) is 5.56 Å². The molecule has 21 heavy (non-hydrogen) atoms. The number of aliphatic hydroxyl groups excluding tert-OH is 1. The van der Waals surface area contributed by atoms with E-state index in [1.807, 2.05) is 24.3 Å². The Hall–Kier alpha value is -2.66. The molecular formula is C16H16N2O3. The van der Waals surface area contributed by atoms with Crippen molar-refractivity contribution in [1.29, 1.82) is 0 Å². The maximum absolute atomic E-state index is 11.8. The number of ether oxygens (including phenoxy) is 1. The Morgan fingerprint density at radius 2 is 1.86 bits per heavy atom. The summed E-state index contributed by atoms with van der Waals surface area (Å²) in [5.74, 6) is 0.0615. The van der Waals surface area contributed by atoms with E-state index in [1.165, 1.54) is 6.21 Å². The van der Waals surface area contributed by atoms with Crippen LogP contribution >= 0.6 is 0 Å². The Bertz CT molecular complexity index is 626. The van der Waals surface area contributed by atoms with E-state index >= 15 is 0 Å². The first kappa shape index (κ1) is 14.7. The molecule has 2 aromatic carbocycles. The normalized spacial score (nSPS) is 12.1. The highest BCUT2D eigenvalue weighted by atomic mass is 16.5. The van der Waals surface area contributed by atoms with Gasteiger partial charge in [-0.2, -0.15) is 5.10 Å². The quantitative estimate of drug-likeness (QED) is 0.650. The lowest BCUT2D eigenvalue weighted by atomic mass is 10.1. The molecule has 108 valence electrons. The van der Waals surface area contributed by atoms with Gasteiger partial charge in [0.05, 0.1) is 13.3 Å². The highest BCUT2D eigenvalue weighted by Gasteiger charge is 2.15. The number of hydrogen-bond donors (Lipinski definition) is 2. The van der Waals surface area contributed by atoms with E-state index < -0.39 is 12.0 Å². The van der Waals surface area contributed by atoms with Crippen LogP contribution < -0.4 is 10.2 Å². The van der Waals surface area contributed by atoms with Crippen molar-refractivity contribution in [1.82, 2.24) is 5.43 Å². The molecule has 0 heterocycles. The van der Waals surface area contributed by atoms with Crippen LogP contribution in [-0.2, 0) is 4.79 Å². The average Bonchev–Trinajstić information content (AvgIpc) is 2.55. The zero-order valence-corrected chi connectivity index (χ0v) is 11.6. The van der Waals surface area contributed by atoms with Gasteiger partial charge < -0.3 is 9.84 Å². The smallest absolute Gasteiger partial charge is 0.273 e. The van der Waals surface area contributed by atoms with E-state index in [9.17, 15) is 9.90 Å². The van der Waals surface area contributed by atoms with Gasteiger partial charge in [0.25, 0.3) is 5.91 Å². The van der Waals surface area contributed by atoms with Gasteiger partial charge in [0, 0.05) is 5.56 Å². The van der Waals surface area contributed by atoms with E-state index in [1.54, 1.807) is 37.4 Å². The summed E-state index contributed by atoms with van der Waals surface area (Å²) in [5.41, 5.74) is 3.55. The number of hydrazone groups is 1. The summed E-state index contributed by atoms with van der Waals surface area (Å²) in [5, 5.41) is 13.7. The second-order valence-electron chi connectivity index (χ2n) is 4.29.